The largest absolute Gasteiger partial charge is 0.459 e. The number of carbonyl (C=O) groups excluding carboxylic acids is 3. The highest BCUT2D eigenvalue weighted by Crippen LogP contribution is 2.15. The summed E-state index contributed by atoms with van der Waals surface area (Å²) >= 11 is 0. The molecule has 0 aliphatic carbocycles. The Morgan fingerprint density at radius 2 is 1.79 bits per heavy atom. The van der Waals surface area contributed by atoms with E-state index in [2.05, 4.69) is 19.2 Å². The molecule has 0 aromatic carbocycles. The van der Waals surface area contributed by atoms with Gasteiger partial charge in [-0.3, -0.25) is 14.4 Å². The van der Waals surface area contributed by atoms with Gasteiger partial charge in [-0.15, -0.1) is 0 Å². The molecule has 7 nitrogen and oxygen atoms in total. The summed E-state index contributed by atoms with van der Waals surface area (Å²) < 4.78 is 5.23. The summed E-state index contributed by atoms with van der Waals surface area (Å²) in [6.07, 6.45) is 6.32. The van der Waals surface area contributed by atoms with Gasteiger partial charge in [0.15, 0.2) is 5.76 Å². The molecule has 7 heteroatoms. The van der Waals surface area contributed by atoms with Crippen LogP contribution in [0.25, 0.3) is 0 Å². The number of furan rings is 1. The van der Waals surface area contributed by atoms with Gasteiger partial charge in [0.2, 0.25) is 11.8 Å². The van der Waals surface area contributed by atoms with Crippen LogP contribution in [0.1, 0.15) is 74.9 Å². The van der Waals surface area contributed by atoms with Gasteiger partial charge in [-0.25, -0.2) is 0 Å². The molecule has 2 rings (SSSR count). The third kappa shape index (κ3) is 6.91. The van der Waals surface area contributed by atoms with Crippen LogP contribution in [0.5, 0.6) is 0 Å². The minimum atomic E-state index is -0.195. The quantitative estimate of drug-likeness (QED) is 0.648. The highest BCUT2D eigenvalue weighted by molar-refractivity contribution is 5.93. The molecule has 1 aliphatic rings. The lowest BCUT2D eigenvalue weighted by Crippen LogP contribution is -2.46. The van der Waals surface area contributed by atoms with E-state index in [1.807, 2.05) is 16.7 Å². The lowest BCUT2D eigenvalue weighted by Gasteiger charge is -2.32. The van der Waals surface area contributed by atoms with E-state index in [4.69, 9.17) is 4.42 Å². The molecule has 0 atom stereocenters. The second-order valence-corrected chi connectivity index (χ2v) is 7.80. The van der Waals surface area contributed by atoms with Gasteiger partial charge in [0.05, 0.1) is 6.26 Å². The average Bonchev–Trinajstić information content (AvgIpc) is 3.14. The van der Waals surface area contributed by atoms with Gasteiger partial charge >= 0.3 is 0 Å². The summed E-state index contributed by atoms with van der Waals surface area (Å²) in [4.78, 5) is 40.8. The van der Waals surface area contributed by atoms with Gasteiger partial charge in [-0.2, -0.15) is 0 Å². The molecule has 1 N–H and O–H groups in total. The van der Waals surface area contributed by atoms with E-state index in [-0.39, 0.29) is 23.8 Å². The highest BCUT2D eigenvalue weighted by Gasteiger charge is 2.25. The molecule has 0 radical (unpaired) electrons. The maximum atomic E-state index is 12.5. The Kier molecular flexibility index (Phi) is 9.22. The molecule has 1 aromatic heterocycles. The van der Waals surface area contributed by atoms with Crippen molar-refractivity contribution in [2.75, 3.05) is 26.2 Å². The van der Waals surface area contributed by atoms with Gasteiger partial charge in [0, 0.05) is 50.6 Å². The van der Waals surface area contributed by atoms with E-state index in [0.717, 1.165) is 44.3 Å². The zero-order valence-electron chi connectivity index (χ0n) is 18.0. The predicted molar refractivity (Wildman–Crippen MR) is 112 cm³/mol. The number of hydrogen-bond acceptors (Lipinski definition) is 4. The number of likely N-dealkylation sites (tertiary alicyclic amines) is 1. The first-order valence-corrected chi connectivity index (χ1v) is 10.9. The molecule has 1 aromatic rings. The van der Waals surface area contributed by atoms with Gasteiger partial charge < -0.3 is 19.5 Å². The van der Waals surface area contributed by atoms with E-state index in [9.17, 15) is 14.4 Å². The van der Waals surface area contributed by atoms with Crippen molar-refractivity contribution in [3.63, 3.8) is 0 Å². The molecule has 1 fully saturated rings. The van der Waals surface area contributed by atoms with Crippen molar-refractivity contribution in [2.45, 2.75) is 71.8 Å². The maximum absolute atomic E-state index is 12.5. The summed E-state index contributed by atoms with van der Waals surface area (Å²) in [7, 11) is 0. The lowest BCUT2D eigenvalue weighted by molar-refractivity contribution is -0.133. The number of rotatable bonds is 10. The van der Waals surface area contributed by atoms with Crippen molar-refractivity contribution in [2.24, 2.45) is 0 Å². The van der Waals surface area contributed by atoms with Gasteiger partial charge in [0.1, 0.15) is 0 Å². The molecule has 29 heavy (non-hydrogen) atoms. The summed E-state index contributed by atoms with van der Waals surface area (Å²) in [5.74, 6) is 0.408. The number of piperidine rings is 1. The molecular weight excluding hydrogens is 370 g/mol. The van der Waals surface area contributed by atoms with Crippen LogP contribution in [0.15, 0.2) is 16.7 Å². The molecule has 0 unspecified atom stereocenters. The second-order valence-electron chi connectivity index (χ2n) is 7.80. The average molecular weight is 406 g/mol. The fourth-order valence-electron chi connectivity index (χ4n) is 3.74. The number of nitrogens with one attached hydrogen (secondary N) is 1. The summed E-state index contributed by atoms with van der Waals surface area (Å²) in [5, 5.41) is 3.00. The summed E-state index contributed by atoms with van der Waals surface area (Å²) in [6.45, 7) is 8.82. The number of hydrogen-bond donors (Lipinski definition) is 1. The summed E-state index contributed by atoms with van der Waals surface area (Å²) in [6, 6.07) is 1.82. The molecule has 0 saturated carbocycles. The van der Waals surface area contributed by atoms with Gasteiger partial charge in [-0.05, 0) is 45.1 Å². The van der Waals surface area contributed by atoms with E-state index in [0.29, 0.717) is 38.1 Å². The number of carbonyl (C=O) groups is 3. The van der Waals surface area contributed by atoms with Crippen LogP contribution < -0.4 is 5.32 Å². The first-order valence-electron chi connectivity index (χ1n) is 10.9. The SMILES string of the molecule is CCCN(CCC)C(=O)CCCC(=O)N1CCC(NC(=O)c2occc2C)CC1. The molecule has 1 saturated heterocycles. The third-order valence-electron chi connectivity index (χ3n) is 5.37. The Balaban J connectivity index is 1.68. The predicted octanol–water partition coefficient (Wildman–Crippen LogP) is 3.13. The monoisotopic (exact) mass is 405 g/mol. The minimum absolute atomic E-state index is 0.0503. The van der Waals surface area contributed by atoms with Crippen LogP contribution in [-0.2, 0) is 9.59 Å². The Labute approximate surface area is 173 Å². The minimum Gasteiger partial charge on any atom is -0.459 e. The van der Waals surface area contributed by atoms with E-state index in [1.165, 1.54) is 6.26 Å². The lowest BCUT2D eigenvalue weighted by atomic mass is 10.0. The molecule has 3 amide bonds. The molecule has 0 spiro atoms. The van der Waals surface area contributed by atoms with Crippen molar-refractivity contribution in [1.29, 1.82) is 0 Å². The van der Waals surface area contributed by atoms with Crippen molar-refractivity contribution >= 4 is 17.7 Å². The summed E-state index contributed by atoms with van der Waals surface area (Å²) in [5.41, 5.74) is 0.820. The Morgan fingerprint density at radius 1 is 1.14 bits per heavy atom. The highest BCUT2D eigenvalue weighted by atomic mass is 16.3. The molecule has 1 aliphatic heterocycles. The van der Waals surface area contributed by atoms with Gasteiger partial charge in [-0.1, -0.05) is 13.8 Å². The van der Waals surface area contributed by atoms with Crippen molar-refractivity contribution < 1.29 is 18.8 Å². The normalized spacial score (nSPS) is 14.7. The molecular formula is C22H35N3O4. The first kappa shape index (κ1) is 23.0. The molecule has 2 heterocycles. The van der Waals surface area contributed by atoms with E-state index >= 15 is 0 Å². The van der Waals surface area contributed by atoms with Crippen molar-refractivity contribution in [1.82, 2.24) is 15.1 Å². The van der Waals surface area contributed by atoms with Crippen LogP contribution in [0.4, 0.5) is 0 Å². The number of amides is 3. The fourth-order valence-corrected chi connectivity index (χ4v) is 3.74. The topological polar surface area (TPSA) is 82.9 Å². The van der Waals surface area contributed by atoms with Crippen LogP contribution in [0.3, 0.4) is 0 Å². The van der Waals surface area contributed by atoms with Gasteiger partial charge in [0.25, 0.3) is 5.91 Å². The van der Waals surface area contributed by atoms with E-state index < -0.39 is 0 Å². The Hall–Kier alpha value is -2.31. The van der Waals surface area contributed by atoms with Crippen LogP contribution in [0, 0.1) is 6.92 Å². The van der Waals surface area contributed by atoms with Crippen LogP contribution in [0.2, 0.25) is 0 Å². The smallest absolute Gasteiger partial charge is 0.287 e. The Bertz CT molecular complexity index is 671. The first-order chi connectivity index (χ1) is 14.0. The molecule has 162 valence electrons. The maximum Gasteiger partial charge on any atom is 0.287 e. The van der Waals surface area contributed by atoms with Crippen molar-refractivity contribution in [3.05, 3.63) is 23.7 Å². The van der Waals surface area contributed by atoms with E-state index in [1.54, 1.807) is 6.07 Å². The zero-order chi connectivity index (χ0) is 21.2. The number of nitrogens with zero attached hydrogens (tertiary/aromatic N) is 2. The Morgan fingerprint density at radius 3 is 2.34 bits per heavy atom. The van der Waals surface area contributed by atoms with Crippen LogP contribution in [-0.4, -0.2) is 59.7 Å². The standard InChI is InChI=1S/C22H35N3O4/c1-4-12-24(13-5-2)19(26)7-6-8-20(27)25-14-9-18(10-15-25)23-22(28)21-17(3)11-16-29-21/h11,16,18H,4-10,12-15H2,1-3H3,(H,23,28). The molecule has 0 bridgehead atoms. The van der Waals surface area contributed by atoms with Crippen LogP contribution >= 0.6 is 0 Å². The van der Waals surface area contributed by atoms with Crippen molar-refractivity contribution in [3.8, 4) is 0 Å². The fraction of sp³-hybridized carbons (Fsp3) is 0.682. The third-order valence-corrected chi connectivity index (χ3v) is 5.37. The number of aryl methyl sites for hydroxylation is 1. The zero-order valence-corrected chi connectivity index (χ0v) is 18.0. The second kappa shape index (κ2) is 11.6.